The Morgan fingerprint density at radius 3 is 2.54 bits per heavy atom. The number of imide groups is 1. The zero-order valence-corrected chi connectivity index (χ0v) is 22.8. The predicted octanol–water partition coefficient (Wildman–Crippen LogP) is 4.26. The Balaban J connectivity index is 1.53. The van der Waals surface area contributed by atoms with Crippen molar-refractivity contribution in [3.8, 4) is 11.5 Å². The molecule has 1 aliphatic rings. The fraction of sp³-hybridized carbons (Fsp3) is 0.185. The van der Waals surface area contributed by atoms with Gasteiger partial charge in [-0.3, -0.25) is 14.5 Å². The summed E-state index contributed by atoms with van der Waals surface area (Å²) >= 11 is 3.39. The molecule has 0 atom stereocenters. The molecular weight excluding hydrogens is 574 g/mol. The molecule has 0 saturated carbocycles. The van der Waals surface area contributed by atoms with Crippen LogP contribution in [-0.2, 0) is 20.9 Å². The highest BCUT2D eigenvalue weighted by atomic mass is 79.9. The second-order valence-electron chi connectivity index (χ2n) is 8.37. The lowest BCUT2D eigenvalue weighted by molar-refractivity contribution is -0.123. The molecule has 0 spiro atoms. The van der Waals surface area contributed by atoms with Crippen LogP contribution in [0, 0.1) is 6.92 Å². The molecule has 2 heterocycles. The highest BCUT2D eigenvalue weighted by molar-refractivity contribution is 9.10. The second kappa shape index (κ2) is 11.9. The minimum absolute atomic E-state index is 0.0335. The summed E-state index contributed by atoms with van der Waals surface area (Å²) in [6, 6.07) is 12.8. The molecule has 4 rings (SSSR count). The number of nitrogens with zero attached hydrogens (tertiary/aromatic N) is 1. The molecule has 0 unspecified atom stereocenters. The highest BCUT2D eigenvalue weighted by Crippen LogP contribution is 2.36. The second-order valence-corrected chi connectivity index (χ2v) is 9.28. The molecule has 11 nitrogen and oxygen atoms in total. The van der Waals surface area contributed by atoms with Gasteiger partial charge in [0.2, 0.25) is 5.76 Å². The van der Waals surface area contributed by atoms with E-state index in [1.807, 2.05) is 19.1 Å². The SMILES string of the molecule is COC(=O)c1ccc(CN2C(=O)N/C(=C/c3cc(Br)cc(OC)c3OCC(=O)Nc3ccc(C)cc3)C2=O)o1. The first-order valence-corrected chi connectivity index (χ1v) is 12.4. The summed E-state index contributed by atoms with van der Waals surface area (Å²) in [5, 5.41) is 5.27. The average molecular weight is 598 g/mol. The minimum atomic E-state index is -0.678. The third kappa shape index (κ3) is 6.47. The molecule has 39 heavy (non-hydrogen) atoms. The molecule has 1 fully saturated rings. The van der Waals surface area contributed by atoms with E-state index in [0.717, 1.165) is 10.5 Å². The average Bonchev–Trinajstić information content (AvgIpc) is 3.49. The van der Waals surface area contributed by atoms with Crippen LogP contribution in [0.3, 0.4) is 0 Å². The lowest BCUT2D eigenvalue weighted by atomic mass is 10.1. The monoisotopic (exact) mass is 597 g/mol. The number of carbonyl (C=O) groups excluding carboxylic acids is 4. The van der Waals surface area contributed by atoms with Crippen molar-refractivity contribution in [2.75, 3.05) is 26.1 Å². The molecule has 3 aromatic rings. The topological polar surface area (TPSA) is 136 Å². The fourth-order valence-electron chi connectivity index (χ4n) is 3.67. The van der Waals surface area contributed by atoms with Crippen molar-refractivity contribution in [1.29, 1.82) is 0 Å². The summed E-state index contributed by atoms with van der Waals surface area (Å²) < 4.78 is 21.8. The van der Waals surface area contributed by atoms with Crippen molar-refractivity contribution in [2.45, 2.75) is 13.5 Å². The van der Waals surface area contributed by atoms with E-state index in [9.17, 15) is 19.2 Å². The lowest BCUT2D eigenvalue weighted by Crippen LogP contribution is -2.30. The number of nitrogens with one attached hydrogen (secondary N) is 2. The van der Waals surface area contributed by atoms with Crippen LogP contribution in [0.5, 0.6) is 11.5 Å². The van der Waals surface area contributed by atoms with E-state index < -0.39 is 23.8 Å². The Labute approximate surface area is 231 Å². The maximum absolute atomic E-state index is 13.1. The third-order valence-electron chi connectivity index (χ3n) is 5.58. The van der Waals surface area contributed by atoms with Gasteiger partial charge >= 0.3 is 12.0 Å². The number of furan rings is 1. The number of esters is 1. The standard InChI is InChI=1S/C27H24BrN3O8/c1-15-4-6-18(7-5-15)29-23(32)14-38-24-16(10-17(28)12-22(24)36-2)11-20-25(33)31(27(35)30-20)13-19-8-9-21(39-19)26(34)37-3/h4-12H,13-14H2,1-3H3,(H,29,32)(H,30,35)/b20-11+. The predicted molar refractivity (Wildman–Crippen MR) is 143 cm³/mol. The van der Waals surface area contributed by atoms with Gasteiger partial charge in [-0.05, 0) is 49.4 Å². The summed E-state index contributed by atoms with van der Waals surface area (Å²) in [5.41, 5.74) is 2.02. The molecule has 2 N–H and O–H groups in total. The van der Waals surface area contributed by atoms with Crippen LogP contribution in [0.2, 0.25) is 0 Å². The van der Waals surface area contributed by atoms with Crippen LogP contribution in [0.1, 0.15) is 27.4 Å². The molecule has 0 aliphatic carbocycles. The van der Waals surface area contributed by atoms with Gasteiger partial charge in [-0.25, -0.2) is 9.59 Å². The lowest BCUT2D eigenvalue weighted by Gasteiger charge is -2.15. The molecule has 202 valence electrons. The quantitative estimate of drug-likeness (QED) is 0.212. The largest absolute Gasteiger partial charge is 0.493 e. The number of aryl methyl sites for hydroxylation is 1. The van der Waals surface area contributed by atoms with E-state index in [0.29, 0.717) is 21.5 Å². The van der Waals surface area contributed by atoms with E-state index in [2.05, 4.69) is 31.3 Å². The maximum Gasteiger partial charge on any atom is 0.373 e. The summed E-state index contributed by atoms with van der Waals surface area (Å²) in [6.45, 7) is 1.40. The van der Waals surface area contributed by atoms with Crippen molar-refractivity contribution in [1.82, 2.24) is 10.2 Å². The molecule has 2 aromatic carbocycles. The van der Waals surface area contributed by atoms with Gasteiger partial charge in [0.1, 0.15) is 11.5 Å². The first-order chi connectivity index (χ1) is 18.7. The van der Waals surface area contributed by atoms with E-state index in [1.54, 1.807) is 24.3 Å². The number of rotatable bonds is 9. The van der Waals surface area contributed by atoms with E-state index in [1.165, 1.54) is 32.4 Å². The van der Waals surface area contributed by atoms with Crippen LogP contribution < -0.4 is 20.1 Å². The number of halogens is 1. The molecule has 4 amide bonds. The molecule has 1 aliphatic heterocycles. The van der Waals surface area contributed by atoms with Gasteiger partial charge in [-0.2, -0.15) is 0 Å². The van der Waals surface area contributed by atoms with Crippen molar-refractivity contribution in [2.24, 2.45) is 0 Å². The first-order valence-electron chi connectivity index (χ1n) is 11.6. The van der Waals surface area contributed by atoms with Crippen LogP contribution in [-0.4, -0.2) is 49.5 Å². The van der Waals surface area contributed by atoms with E-state index >= 15 is 0 Å². The number of ether oxygens (including phenoxy) is 3. The smallest absolute Gasteiger partial charge is 0.373 e. The number of anilines is 1. The number of hydrogen-bond donors (Lipinski definition) is 2. The minimum Gasteiger partial charge on any atom is -0.493 e. The number of amides is 4. The zero-order chi connectivity index (χ0) is 28.1. The highest BCUT2D eigenvalue weighted by Gasteiger charge is 2.35. The molecule has 0 bridgehead atoms. The number of methoxy groups -OCH3 is 2. The van der Waals surface area contributed by atoms with Crippen molar-refractivity contribution >= 4 is 51.5 Å². The number of hydrogen-bond acceptors (Lipinski definition) is 8. The maximum atomic E-state index is 13.1. The van der Waals surface area contributed by atoms with Crippen molar-refractivity contribution in [3.05, 3.63) is 81.3 Å². The number of benzene rings is 2. The molecule has 12 heteroatoms. The Kier molecular flexibility index (Phi) is 8.35. The third-order valence-corrected chi connectivity index (χ3v) is 6.03. The van der Waals surface area contributed by atoms with Gasteiger partial charge < -0.3 is 29.3 Å². The van der Waals surface area contributed by atoms with E-state index in [4.69, 9.17) is 13.9 Å². The van der Waals surface area contributed by atoms with Crippen LogP contribution in [0.4, 0.5) is 10.5 Å². The summed E-state index contributed by atoms with van der Waals surface area (Å²) in [4.78, 5) is 50.7. The van der Waals surface area contributed by atoms with Crippen LogP contribution in [0.15, 0.2) is 63.1 Å². The van der Waals surface area contributed by atoms with Gasteiger partial charge in [0.05, 0.1) is 20.8 Å². The summed E-state index contributed by atoms with van der Waals surface area (Å²) in [7, 11) is 2.65. The first kappa shape index (κ1) is 27.5. The molecule has 1 saturated heterocycles. The van der Waals surface area contributed by atoms with Crippen LogP contribution >= 0.6 is 15.9 Å². The molecule has 0 radical (unpaired) electrons. The van der Waals surface area contributed by atoms with Gasteiger partial charge in [-0.1, -0.05) is 33.6 Å². The Hall–Kier alpha value is -4.58. The Bertz CT molecular complexity index is 1460. The zero-order valence-electron chi connectivity index (χ0n) is 21.2. The summed E-state index contributed by atoms with van der Waals surface area (Å²) in [6.07, 6.45) is 1.42. The van der Waals surface area contributed by atoms with Gasteiger partial charge in [0.25, 0.3) is 11.8 Å². The molecule has 1 aromatic heterocycles. The van der Waals surface area contributed by atoms with E-state index in [-0.39, 0.29) is 36.1 Å². The van der Waals surface area contributed by atoms with Crippen molar-refractivity contribution in [3.63, 3.8) is 0 Å². The normalized spacial score (nSPS) is 13.8. The van der Waals surface area contributed by atoms with Gasteiger partial charge in [0, 0.05) is 15.7 Å². The van der Waals surface area contributed by atoms with Gasteiger partial charge in [-0.15, -0.1) is 0 Å². The van der Waals surface area contributed by atoms with Gasteiger partial charge in [0.15, 0.2) is 18.1 Å². The fourth-order valence-corrected chi connectivity index (χ4v) is 4.13. The Morgan fingerprint density at radius 1 is 1.10 bits per heavy atom. The number of carbonyl (C=O) groups is 4. The Morgan fingerprint density at radius 2 is 1.85 bits per heavy atom. The van der Waals surface area contributed by atoms with Crippen LogP contribution in [0.25, 0.3) is 6.08 Å². The summed E-state index contributed by atoms with van der Waals surface area (Å²) in [5.74, 6) is -1.04. The van der Waals surface area contributed by atoms with Crippen molar-refractivity contribution < 1.29 is 37.8 Å². The molecular formula is C27H24BrN3O8. The number of urea groups is 1.